The molecule has 1 atom stereocenters. The molecule has 3 amide bonds. The number of amides is 3. The summed E-state index contributed by atoms with van der Waals surface area (Å²) in [6.45, 7) is 0.939. The van der Waals surface area contributed by atoms with E-state index in [0.717, 1.165) is 10.5 Å². The Kier molecular flexibility index (Phi) is 6.82. The van der Waals surface area contributed by atoms with Gasteiger partial charge in [0.05, 0.1) is 28.3 Å². The Bertz CT molecular complexity index is 1030. The third-order valence-electron chi connectivity index (χ3n) is 4.70. The zero-order valence-electron chi connectivity index (χ0n) is 16.6. The number of imide groups is 1. The molecule has 0 saturated heterocycles. The second-order valence-corrected chi connectivity index (χ2v) is 7.48. The molecule has 2 aromatic carbocycles. The monoisotopic (exact) mass is 464 g/mol. The number of hydrogen-bond donors (Lipinski definition) is 1. The maximum atomic E-state index is 12.6. The highest BCUT2D eigenvalue weighted by Crippen LogP contribution is 2.32. The van der Waals surface area contributed by atoms with Gasteiger partial charge in [-0.3, -0.25) is 19.3 Å². The van der Waals surface area contributed by atoms with Gasteiger partial charge in [-0.15, -0.1) is 0 Å². The molecule has 8 nitrogen and oxygen atoms in total. The molecular weight excluding hydrogens is 447 g/mol. The Morgan fingerprint density at radius 2 is 1.65 bits per heavy atom. The second kappa shape index (κ2) is 9.36. The number of nitrogens with zero attached hydrogens (tertiary/aromatic N) is 1. The summed E-state index contributed by atoms with van der Waals surface area (Å²) in [5.41, 5.74) is 0.851. The normalized spacial score (nSPS) is 13.6. The first-order valence-corrected chi connectivity index (χ1v) is 9.92. The van der Waals surface area contributed by atoms with E-state index in [4.69, 9.17) is 32.7 Å². The van der Waals surface area contributed by atoms with Crippen LogP contribution in [0.4, 0.5) is 0 Å². The van der Waals surface area contributed by atoms with Gasteiger partial charge in [0.25, 0.3) is 17.7 Å². The Morgan fingerprint density at radius 1 is 1.06 bits per heavy atom. The average Bonchev–Trinajstić information content (AvgIpc) is 2.99. The van der Waals surface area contributed by atoms with Gasteiger partial charge in [-0.1, -0.05) is 41.4 Å². The molecule has 162 valence electrons. The molecule has 1 aliphatic rings. The van der Waals surface area contributed by atoms with E-state index in [1.807, 2.05) is 0 Å². The van der Waals surface area contributed by atoms with Gasteiger partial charge in [0.15, 0.2) is 6.61 Å². The van der Waals surface area contributed by atoms with Crippen molar-refractivity contribution in [2.24, 2.45) is 0 Å². The lowest BCUT2D eigenvalue weighted by Crippen LogP contribution is -2.44. The number of hydrogen-bond acceptors (Lipinski definition) is 6. The van der Waals surface area contributed by atoms with Crippen LogP contribution < -0.4 is 10.1 Å². The average molecular weight is 465 g/mol. The number of methoxy groups -OCH3 is 1. The van der Waals surface area contributed by atoms with Crippen LogP contribution in [0.3, 0.4) is 0 Å². The van der Waals surface area contributed by atoms with E-state index in [9.17, 15) is 19.2 Å². The summed E-state index contributed by atoms with van der Waals surface area (Å²) in [6.07, 6.45) is 0. The minimum atomic E-state index is -1.24. The van der Waals surface area contributed by atoms with E-state index in [2.05, 4.69) is 5.32 Å². The van der Waals surface area contributed by atoms with E-state index in [1.54, 1.807) is 24.3 Å². The number of fused-ring (bicyclic) bond motifs is 1. The van der Waals surface area contributed by atoms with Gasteiger partial charge in [-0.25, -0.2) is 4.79 Å². The molecule has 1 heterocycles. The molecule has 2 aromatic rings. The Morgan fingerprint density at radius 3 is 2.23 bits per heavy atom. The standard InChI is InChI=1S/C21H18Cl2N2O6/c1-11(25-19(27)13-7-15(22)16(23)8-14(13)20(25)28)21(29)31-10-18(26)24-9-12-5-3-4-6-17(12)30-2/h3-8,11H,9-10H2,1-2H3,(H,24,26). The number of ether oxygens (including phenoxy) is 2. The van der Waals surface area contributed by atoms with Crippen LogP contribution in [0.25, 0.3) is 0 Å². The van der Waals surface area contributed by atoms with Crippen molar-refractivity contribution in [1.82, 2.24) is 10.2 Å². The van der Waals surface area contributed by atoms with Crippen molar-refractivity contribution in [3.05, 3.63) is 63.1 Å². The minimum absolute atomic E-state index is 0.0496. The van der Waals surface area contributed by atoms with Crippen molar-refractivity contribution < 1.29 is 28.7 Å². The summed E-state index contributed by atoms with van der Waals surface area (Å²) in [5, 5.41) is 2.84. The topological polar surface area (TPSA) is 102 Å². The van der Waals surface area contributed by atoms with E-state index in [0.29, 0.717) is 5.75 Å². The third-order valence-corrected chi connectivity index (χ3v) is 5.42. The summed E-state index contributed by atoms with van der Waals surface area (Å²) < 4.78 is 10.2. The van der Waals surface area contributed by atoms with Crippen molar-refractivity contribution in [2.45, 2.75) is 19.5 Å². The zero-order valence-corrected chi connectivity index (χ0v) is 18.1. The van der Waals surface area contributed by atoms with Gasteiger partial charge in [0.2, 0.25) is 0 Å². The van der Waals surface area contributed by atoms with Crippen LogP contribution in [0, 0.1) is 0 Å². The van der Waals surface area contributed by atoms with Crippen LogP contribution in [-0.2, 0) is 20.9 Å². The predicted molar refractivity (Wildman–Crippen MR) is 112 cm³/mol. The van der Waals surface area contributed by atoms with Crippen LogP contribution in [0.5, 0.6) is 5.75 Å². The molecule has 1 unspecified atom stereocenters. The van der Waals surface area contributed by atoms with Gasteiger partial charge in [0.1, 0.15) is 11.8 Å². The van der Waals surface area contributed by atoms with Crippen LogP contribution in [-0.4, -0.2) is 48.3 Å². The summed E-state index contributed by atoms with van der Waals surface area (Å²) in [5.74, 6) is -2.22. The van der Waals surface area contributed by atoms with Crippen molar-refractivity contribution >= 4 is 46.9 Å². The fourth-order valence-corrected chi connectivity index (χ4v) is 3.39. The molecule has 10 heteroatoms. The molecule has 0 fully saturated rings. The highest BCUT2D eigenvalue weighted by atomic mass is 35.5. The lowest BCUT2D eigenvalue weighted by atomic mass is 10.1. The summed E-state index contributed by atoms with van der Waals surface area (Å²) in [6, 6.07) is 8.46. The number of rotatable bonds is 7. The number of carbonyl (C=O) groups is 4. The fraction of sp³-hybridized carbons (Fsp3) is 0.238. The molecule has 0 aromatic heterocycles. The number of esters is 1. The second-order valence-electron chi connectivity index (χ2n) is 6.66. The van der Waals surface area contributed by atoms with Crippen molar-refractivity contribution in [3.8, 4) is 5.75 Å². The van der Waals surface area contributed by atoms with Gasteiger partial charge in [0, 0.05) is 12.1 Å². The first-order valence-electron chi connectivity index (χ1n) is 9.16. The van der Waals surface area contributed by atoms with Crippen LogP contribution in [0.15, 0.2) is 36.4 Å². The maximum absolute atomic E-state index is 12.6. The summed E-state index contributed by atoms with van der Waals surface area (Å²) >= 11 is 11.8. The first-order chi connectivity index (χ1) is 14.7. The number of nitrogens with one attached hydrogen (secondary N) is 1. The molecule has 0 bridgehead atoms. The van der Waals surface area contributed by atoms with Gasteiger partial charge < -0.3 is 14.8 Å². The van der Waals surface area contributed by atoms with Gasteiger partial charge in [-0.05, 0) is 25.1 Å². The Balaban J connectivity index is 1.58. The first kappa shape index (κ1) is 22.6. The number of carbonyl (C=O) groups excluding carboxylic acids is 4. The van der Waals surface area contributed by atoms with Crippen LogP contribution in [0.2, 0.25) is 10.0 Å². The number of benzene rings is 2. The van der Waals surface area contributed by atoms with Gasteiger partial charge >= 0.3 is 5.97 Å². The number of para-hydroxylation sites is 1. The summed E-state index contributed by atoms with van der Waals surface area (Å²) in [4.78, 5) is 50.3. The number of halogens is 2. The molecule has 31 heavy (non-hydrogen) atoms. The molecule has 0 radical (unpaired) electrons. The lowest BCUT2D eigenvalue weighted by Gasteiger charge is -2.20. The Hall–Kier alpha value is -3.10. The largest absolute Gasteiger partial charge is 0.496 e. The molecular formula is C21H18Cl2N2O6. The van der Waals surface area contributed by atoms with Gasteiger partial charge in [-0.2, -0.15) is 0 Å². The Labute approximate surface area is 188 Å². The van der Waals surface area contributed by atoms with E-state index in [1.165, 1.54) is 26.2 Å². The van der Waals surface area contributed by atoms with E-state index >= 15 is 0 Å². The van der Waals surface area contributed by atoms with Crippen LogP contribution >= 0.6 is 23.2 Å². The van der Waals surface area contributed by atoms with Crippen molar-refractivity contribution in [1.29, 1.82) is 0 Å². The minimum Gasteiger partial charge on any atom is -0.496 e. The maximum Gasteiger partial charge on any atom is 0.329 e. The highest BCUT2D eigenvalue weighted by molar-refractivity contribution is 6.43. The SMILES string of the molecule is COc1ccccc1CNC(=O)COC(=O)C(C)N1C(=O)c2cc(Cl)c(Cl)cc2C1=O. The zero-order chi connectivity index (χ0) is 22.7. The van der Waals surface area contributed by atoms with Crippen molar-refractivity contribution in [2.75, 3.05) is 13.7 Å². The highest BCUT2D eigenvalue weighted by Gasteiger charge is 2.42. The molecule has 1 N–H and O–H groups in total. The quantitative estimate of drug-likeness (QED) is 0.499. The van der Waals surface area contributed by atoms with E-state index in [-0.39, 0.29) is 27.7 Å². The van der Waals surface area contributed by atoms with E-state index < -0.39 is 36.3 Å². The predicted octanol–water partition coefficient (Wildman–Crippen LogP) is 2.85. The molecule has 0 spiro atoms. The fourth-order valence-electron chi connectivity index (χ4n) is 3.06. The lowest BCUT2D eigenvalue weighted by molar-refractivity contribution is -0.151. The molecule has 0 saturated carbocycles. The van der Waals surface area contributed by atoms with Crippen molar-refractivity contribution in [3.63, 3.8) is 0 Å². The molecule has 1 aliphatic heterocycles. The van der Waals surface area contributed by atoms with Crippen LogP contribution in [0.1, 0.15) is 33.2 Å². The molecule has 0 aliphatic carbocycles. The molecule has 3 rings (SSSR count). The third kappa shape index (κ3) is 4.65. The summed E-state index contributed by atoms with van der Waals surface area (Å²) in [7, 11) is 1.52. The smallest absolute Gasteiger partial charge is 0.329 e.